The van der Waals surface area contributed by atoms with Crippen molar-refractivity contribution in [2.24, 2.45) is 5.92 Å². The highest BCUT2D eigenvalue weighted by Crippen LogP contribution is 2.38. The number of carbonyl (C=O) groups is 2. The molecule has 0 unspecified atom stereocenters. The molecular weight excluding hydrogens is 522 g/mol. The predicted molar refractivity (Wildman–Crippen MR) is 144 cm³/mol. The Morgan fingerprint density at radius 2 is 1.82 bits per heavy atom. The maximum Gasteiger partial charge on any atom is 0.254 e. The molecule has 2 aliphatic rings. The number of carbonyl (C=O) groups excluding carboxylic acids is 2. The van der Waals surface area contributed by atoms with Gasteiger partial charge in [-0.3, -0.25) is 9.59 Å². The number of nitrogens with one attached hydrogen (secondary N) is 3. The molecule has 1 aliphatic heterocycles. The lowest BCUT2D eigenvalue weighted by Gasteiger charge is -2.17. The van der Waals surface area contributed by atoms with Crippen LogP contribution < -0.4 is 20.7 Å². The second kappa shape index (κ2) is 10.9. The number of anilines is 3. The van der Waals surface area contributed by atoms with Crippen molar-refractivity contribution < 1.29 is 26.9 Å². The second-order valence-electron chi connectivity index (χ2n) is 9.20. The minimum Gasteiger partial charge on any atom is -0.494 e. The third-order valence-corrected chi connectivity index (χ3v) is 8.37. The number of benzene rings is 1. The summed E-state index contributed by atoms with van der Waals surface area (Å²) < 4.78 is 55.1. The lowest BCUT2D eigenvalue weighted by Crippen LogP contribution is -2.28. The summed E-state index contributed by atoms with van der Waals surface area (Å²) in [5.74, 6) is -0.541. The van der Waals surface area contributed by atoms with Crippen molar-refractivity contribution in [2.75, 3.05) is 37.8 Å². The van der Waals surface area contributed by atoms with E-state index in [4.69, 9.17) is 8.85 Å². The monoisotopic (exact) mass is 554 g/mol. The number of sulfonamides is 1. The highest BCUT2D eigenvalue weighted by atomic mass is 32.2. The van der Waals surface area contributed by atoms with Crippen LogP contribution in [-0.2, 0) is 14.8 Å². The van der Waals surface area contributed by atoms with Crippen LogP contribution in [0.1, 0.15) is 40.2 Å². The average molecular weight is 555 g/mol. The topological polar surface area (TPSA) is 156 Å². The fourth-order valence-electron chi connectivity index (χ4n) is 4.29. The van der Waals surface area contributed by atoms with E-state index in [1.54, 1.807) is 18.2 Å². The highest BCUT2D eigenvalue weighted by Gasteiger charge is 2.30. The van der Waals surface area contributed by atoms with E-state index in [0.29, 0.717) is 24.3 Å². The van der Waals surface area contributed by atoms with Crippen LogP contribution in [0.15, 0.2) is 47.8 Å². The van der Waals surface area contributed by atoms with E-state index < -0.39 is 22.9 Å². The van der Waals surface area contributed by atoms with Crippen molar-refractivity contribution >= 4 is 39.0 Å². The zero-order valence-corrected chi connectivity index (χ0v) is 21.9. The molecule has 13 heteroatoms. The Labute approximate surface area is 230 Å². The molecule has 1 aliphatic carbocycles. The number of para-hydroxylation sites is 1. The van der Waals surface area contributed by atoms with Gasteiger partial charge in [0, 0.05) is 42.4 Å². The predicted octanol–water partition coefficient (Wildman–Crippen LogP) is 2.78. The third kappa shape index (κ3) is 5.54. The molecule has 1 saturated carbocycles. The molecule has 1 aromatic carbocycles. The number of nitrogens with zero attached hydrogens (tertiary/aromatic N) is 4. The van der Waals surface area contributed by atoms with Crippen LogP contribution in [0.2, 0.25) is 0 Å². The number of methoxy groups -OCH3 is 1. The lowest BCUT2D eigenvalue weighted by molar-refractivity contribution is -0.117. The standard InChI is InChI=1S/C26H29N7O5S/c1-27-26(35)19-15-28-22(32-25(34)16-8-9-16)12-21(19)31-20-7-5-6-18(23(20)38-2)24-29-13-17(14-30-24)39(36,37)33-10-3-4-11-33/h5-7,12-16H,3-4,8-11H2,1-2H3,(H,27,35)(H2,28,31,32,34)/i1D3. The van der Waals surface area contributed by atoms with Gasteiger partial charge in [0.05, 0.1) is 42.0 Å². The Morgan fingerprint density at radius 1 is 1.08 bits per heavy atom. The van der Waals surface area contributed by atoms with Crippen LogP contribution in [0.5, 0.6) is 5.75 Å². The van der Waals surface area contributed by atoms with Gasteiger partial charge in [0.2, 0.25) is 15.9 Å². The zero-order chi connectivity index (χ0) is 30.1. The molecule has 1 saturated heterocycles. The highest BCUT2D eigenvalue weighted by molar-refractivity contribution is 7.89. The smallest absolute Gasteiger partial charge is 0.254 e. The number of pyridine rings is 1. The molecule has 3 heterocycles. The maximum absolute atomic E-state index is 12.9. The fraction of sp³-hybridized carbons (Fsp3) is 0.346. The van der Waals surface area contributed by atoms with E-state index in [2.05, 4.69) is 25.6 Å². The summed E-state index contributed by atoms with van der Waals surface area (Å²) in [5.41, 5.74) is 0.857. The molecule has 2 aromatic heterocycles. The normalized spacial score (nSPS) is 17.0. The van der Waals surface area contributed by atoms with E-state index in [9.17, 15) is 18.0 Å². The molecule has 39 heavy (non-hydrogen) atoms. The van der Waals surface area contributed by atoms with Crippen LogP contribution >= 0.6 is 0 Å². The summed E-state index contributed by atoms with van der Waals surface area (Å²) in [6.07, 6.45) is 6.86. The van der Waals surface area contributed by atoms with E-state index in [1.165, 1.54) is 36.1 Å². The van der Waals surface area contributed by atoms with Crippen molar-refractivity contribution in [1.29, 1.82) is 0 Å². The molecule has 0 spiro atoms. The van der Waals surface area contributed by atoms with Gasteiger partial charge in [-0.1, -0.05) is 6.07 Å². The Morgan fingerprint density at radius 3 is 2.49 bits per heavy atom. The lowest BCUT2D eigenvalue weighted by atomic mass is 10.1. The molecule has 0 radical (unpaired) electrons. The largest absolute Gasteiger partial charge is 0.494 e. The first-order chi connectivity index (χ1) is 20.0. The van der Waals surface area contributed by atoms with Gasteiger partial charge in [0.15, 0.2) is 11.6 Å². The summed E-state index contributed by atoms with van der Waals surface area (Å²) in [6.45, 7) is -1.82. The quantitative estimate of drug-likeness (QED) is 0.362. The summed E-state index contributed by atoms with van der Waals surface area (Å²) in [6, 6.07) is 6.44. The summed E-state index contributed by atoms with van der Waals surface area (Å²) in [5, 5.41) is 7.74. The van der Waals surface area contributed by atoms with Crippen molar-refractivity contribution in [3.63, 3.8) is 0 Å². The number of rotatable bonds is 9. The van der Waals surface area contributed by atoms with E-state index >= 15 is 0 Å². The first-order valence-electron chi connectivity index (χ1n) is 13.9. The van der Waals surface area contributed by atoms with Gasteiger partial charge in [-0.05, 0) is 37.8 Å². The number of hydrogen-bond donors (Lipinski definition) is 3. The van der Waals surface area contributed by atoms with E-state index in [0.717, 1.165) is 25.7 Å². The van der Waals surface area contributed by atoms with Gasteiger partial charge in [-0.25, -0.2) is 23.4 Å². The molecule has 2 fully saturated rings. The Bertz CT molecular complexity index is 1610. The maximum atomic E-state index is 12.9. The van der Waals surface area contributed by atoms with Gasteiger partial charge >= 0.3 is 0 Å². The SMILES string of the molecule is [2H]C([2H])([2H])NC(=O)c1cnc(NC(=O)C2CC2)cc1Nc1cccc(-c2ncc(S(=O)(=O)N3CCCC3)cn2)c1OC. The van der Waals surface area contributed by atoms with Gasteiger partial charge < -0.3 is 20.7 Å². The van der Waals surface area contributed by atoms with Crippen molar-refractivity contribution in [1.82, 2.24) is 24.6 Å². The van der Waals surface area contributed by atoms with Gasteiger partial charge in [0.1, 0.15) is 10.7 Å². The van der Waals surface area contributed by atoms with Crippen LogP contribution in [0, 0.1) is 5.92 Å². The van der Waals surface area contributed by atoms with Crippen LogP contribution in [0.3, 0.4) is 0 Å². The van der Waals surface area contributed by atoms with Crippen molar-refractivity contribution in [3.8, 4) is 17.1 Å². The molecule has 3 aromatic rings. The van der Waals surface area contributed by atoms with Crippen molar-refractivity contribution in [3.05, 3.63) is 48.4 Å². The molecule has 0 bridgehead atoms. The molecule has 0 atom stereocenters. The fourth-order valence-corrected chi connectivity index (χ4v) is 5.70. The minimum atomic E-state index is -3.69. The molecule has 12 nitrogen and oxygen atoms in total. The molecule has 5 rings (SSSR count). The molecular formula is C26H29N7O5S. The Hall–Kier alpha value is -4.10. The van der Waals surface area contributed by atoms with Crippen molar-refractivity contribution in [2.45, 2.75) is 30.6 Å². The summed E-state index contributed by atoms with van der Waals surface area (Å²) in [4.78, 5) is 37.8. The Kier molecular flexibility index (Phi) is 6.41. The Balaban J connectivity index is 1.47. The number of amides is 2. The first kappa shape index (κ1) is 22.8. The summed E-state index contributed by atoms with van der Waals surface area (Å²) >= 11 is 0. The molecule has 204 valence electrons. The van der Waals surface area contributed by atoms with E-state index in [-0.39, 0.29) is 45.4 Å². The second-order valence-corrected chi connectivity index (χ2v) is 11.1. The summed E-state index contributed by atoms with van der Waals surface area (Å²) in [7, 11) is -2.27. The third-order valence-electron chi connectivity index (χ3n) is 6.52. The van der Waals surface area contributed by atoms with E-state index in [1.807, 2.05) is 5.32 Å². The zero-order valence-electron chi connectivity index (χ0n) is 24.1. The molecule has 3 N–H and O–H groups in total. The number of ether oxygens (including phenoxy) is 1. The van der Waals surface area contributed by atoms with Crippen LogP contribution in [0.4, 0.5) is 17.2 Å². The van der Waals surface area contributed by atoms with Crippen LogP contribution in [-0.4, -0.2) is 66.7 Å². The van der Waals surface area contributed by atoms with Gasteiger partial charge in [0.25, 0.3) is 5.91 Å². The number of hydrogen-bond acceptors (Lipinski definition) is 9. The van der Waals surface area contributed by atoms with Crippen LogP contribution in [0.25, 0.3) is 11.4 Å². The number of aromatic nitrogens is 3. The minimum absolute atomic E-state index is 0.0103. The van der Waals surface area contributed by atoms with Gasteiger partial charge in [-0.2, -0.15) is 4.31 Å². The first-order valence-corrected chi connectivity index (χ1v) is 13.8. The van der Waals surface area contributed by atoms with Gasteiger partial charge in [-0.15, -0.1) is 0 Å². The average Bonchev–Trinajstić information content (AvgIpc) is 3.65. The molecule has 2 amide bonds.